The van der Waals surface area contributed by atoms with Gasteiger partial charge in [0.05, 0.1) is 29.3 Å². The van der Waals surface area contributed by atoms with E-state index in [0.717, 1.165) is 38.6 Å². The molecular weight excluding hydrogens is 340 g/mol. The number of benzene rings is 1. The molecule has 0 atom stereocenters. The lowest BCUT2D eigenvalue weighted by Gasteiger charge is -2.11. The number of aryl methyl sites for hydroxylation is 1. The number of rotatable bonds is 1. The molecule has 5 heteroatoms. The van der Waals surface area contributed by atoms with Crippen LogP contribution in [0.15, 0.2) is 58.3 Å². The summed E-state index contributed by atoms with van der Waals surface area (Å²) in [6.45, 7) is 2.55. The molecule has 0 radical (unpaired) electrons. The summed E-state index contributed by atoms with van der Waals surface area (Å²) in [6, 6.07) is 12.1. The van der Waals surface area contributed by atoms with Crippen molar-refractivity contribution in [1.29, 1.82) is 0 Å². The number of aromatic nitrogens is 3. The minimum atomic E-state index is 0.548. The molecule has 3 aromatic rings. The van der Waals surface area contributed by atoms with Crippen LogP contribution in [0.25, 0.3) is 5.69 Å². The van der Waals surface area contributed by atoms with E-state index in [-0.39, 0.29) is 0 Å². The maximum Gasteiger partial charge on any atom is 0.135 e. The van der Waals surface area contributed by atoms with Crippen molar-refractivity contribution in [2.24, 2.45) is 4.99 Å². The van der Waals surface area contributed by atoms with Crippen molar-refractivity contribution in [3.8, 4) is 5.69 Å². The van der Waals surface area contributed by atoms with Crippen LogP contribution in [0, 0.1) is 6.92 Å². The Morgan fingerprint density at radius 2 is 2.09 bits per heavy atom. The van der Waals surface area contributed by atoms with Crippen LogP contribution in [0.1, 0.15) is 22.8 Å². The second-order valence-electron chi connectivity index (χ2n) is 5.21. The van der Waals surface area contributed by atoms with E-state index in [2.05, 4.69) is 48.8 Å². The lowest BCUT2D eigenvalue weighted by molar-refractivity contribution is 0.878. The first-order valence-electron chi connectivity index (χ1n) is 7.03. The van der Waals surface area contributed by atoms with Gasteiger partial charge in [-0.15, -0.1) is 0 Å². The molecule has 4 rings (SSSR count). The van der Waals surface area contributed by atoms with E-state index in [0.29, 0.717) is 6.54 Å². The van der Waals surface area contributed by atoms with Gasteiger partial charge in [-0.25, -0.2) is 4.98 Å². The van der Waals surface area contributed by atoms with E-state index < -0.39 is 0 Å². The summed E-state index contributed by atoms with van der Waals surface area (Å²) in [5.74, 6) is 0.951. The van der Waals surface area contributed by atoms with Crippen LogP contribution in [0.5, 0.6) is 0 Å². The lowest BCUT2D eigenvalue weighted by atomic mass is 10.0. The molecule has 0 spiro atoms. The molecule has 0 aliphatic carbocycles. The number of hydrogen-bond acceptors (Lipinski definition) is 3. The normalized spacial score (nSPS) is 13.1. The highest BCUT2D eigenvalue weighted by Gasteiger charge is 2.20. The predicted molar refractivity (Wildman–Crippen MR) is 89.6 cm³/mol. The van der Waals surface area contributed by atoms with Crippen LogP contribution in [-0.2, 0) is 6.54 Å². The Bertz CT molecular complexity index is 881. The molecule has 0 saturated heterocycles. The molecular formula is C17H13BrN4. The number of halogens is 1. The highest BCUT2D eigenvalue weighted by molar-refractivity contribution is 9.10. The third kappa shape index (κ3) is 2.18. The average Bonchev–Trinajstić information content (AvgIpc) is 2.83. The van der Waals surface area contributed by atoms with Gasteiger partial charge < -0.3 is 4.57 Å². The molecule has 0 saturated carbocycles. The Labute approximate surface area is 136 Å². The summed E-state index contributed by atoms with van der Waals surface area (Å²) in [6.07, 6.45) is 3.85. The van der Waals surface area contributed by atoms with Gasteiger partial charge in [0.15, 0.2) is 0 Å². The Morgan fingerprint density at radius 3 is 2.91 bits per heavy atom. The first kappa shape index (κ1) is 13.4. The smallest absolute Gasteiger partial charge is 0.135 e. The van der Waals surface area contributed by atoms with Gasteiger partial charge in [-0.3, -0.25) is 9.98 Å². The van der Waals surface area contributed by atoms with E-state index in [1.807, 2.05) is 31.2 Å². The molecule has 108 valence electrons. The van der Waals surface area contributed by atoms with Gasteiger partial charge in [-0.2, -0.15) is 0 Å². The maximum atomic E-state index is 4.78. The summed E-state index contributed by atoms with van der Waals surface area (Å²) >= 11 is 3.56. The van der Waals surface area contributed by atoms with Gasteiger partial charge >= 0.3 is 0 Å². The minimum Gasteiger partial charge on any atom is -0.301 e. The van der Waals surface area contributed by atoms with Crippen LogP contribution in [0.4, 0.5) is 0 Å². The summed E-state index contributed by atoms with van der Waals surface area (Å²) in [5, 5.41) is 0. The van der Waals surface area contributed by atoms with E-state index in [1.54, 1.807) is 6.20 Å². The summed E-state index contributed by atoms with van der Waals surface area (Å²) in [5.41, 5.74) is 4.93. The summed E-state index contributed by atoms with van der Waals surface area (Å²) in [7, 11) is 0. The van der Waals surface area contributed by atoms with Crippen molar-refractivity contribution in [3.05, 3.63) is 76.0 Å². The van der Waals surface area contributed by atoms with E-state index >= 15 is 0 Å². The second-order valence-corrected chi connectivity index (χ2v) is 6.13. The second kappa shape index (κ2) is 5.18. The highest BCUT2D eigenvalue weighted by atomic mass is 79.9. The fraction of sp³-hybridized carbons (Fsp3) is 0.118. The molecule has 2 aromatic heterocycles. The predicted octanol–water partition coefficient (Wildman–Crippen LogP) is 3.69. The molecule has 0 bridgehead atoms. The number of imidazole rings is 1. The highest BCUT2D eigenvalue weighted by Crippen LogP contribution is 2.27. The van der Waals surface area contributed by atoms with Crippen molar-refractivity contribution in [2.45, 2.75) is 13.5 Å². The van der Waals surface area contributed by atoms with E-state index in [4.69, 9.17) is 4.99 Å². The van der Waals surface area contributed by atoms with Gasteiger partial charge in [0.1, 0.15) is 5.82 Å². The average molecular weight is 353 g/mol. The van der Waals surface area contributed by atoms with Crippen molar-refractivity contribution in [2.75, 3.05) is 0 Å². The van der Waals surface area contributed by atoms with Crippen LogP contribution in [0.3, 0.4) is 0 Å². The Hall–Kier alpha value is -2.27. The number of fused-ring (bicyclic) bond motifs is 3. The summed E-state index contributed by atoms with van der Waals surface area (Å²) < 4.78 is 3.14. The monoisotopic (exact) mass is 352 g/mol. The SMILES string of the molecule is Cc1cn2c(n1)CN=C(c1ccccn1)c1cc(Br)ccc1-2. The molecule has 0 amide bonds. The van der Waals surface area contributed by atoms with Crippen LogP contribution in [-0.4, -0.2) is 20.2 Å². The molecule has 22 heavy (non-hydrogen) atoms. The number of nitrogens with zero attached hydrogens (tertiary/aromatic N) is 4. The zero-order chi connectivity index (χ0) is 15.1. The minimum absolute atomic E-state index is 0.548. The van der Waals surface area contributed by atoms with Gasteiger partial charge in [0, 0.05) is 22.4 Å². The fourth-order valence-electron chi connectivity index (χ4n) is 2.73. The third-order valence-electron chi connectivity index (χ3n) is 3.66. The fourth-order valence-corrected chi connectivity index (χ4v) is 3.09. The molecule has 3 heterocycles. The lowest BCUT2D eigenvalue weighted by Crippen LogP contribution is -2.08. The summed E-state index contributed by atoms with van der Waals surface area (Å²) in [4.78, 5) is 13.8. The first-order valence-corrected chi connectivity index (χ1v) is 7.83. The van der Waals surface area contributed by atoms with Crippen LogP contribution in [0.2, 0.25) is 0 Å². The zero-order valence-corrected chi connectivity index (χ0v) is 13.6. The first-order chi connectivity index (χ1) is 10.7. The van der Waals surface area contributed by atoms with Crippen molar-refractivity contribution >= 4 is 21.6 Å². The Kier molecular flexibility index (Phi) is 3.15. The standard InChI is InChI=1S/C17H13BrN4/c1-11-10-22-15-6-5-12(18)8-13(15)17(20-9-16(22)21-11)14-4-2-3-7-19-14/h2-8,10H,9H2,1H3. The molecule has 0 fully saturated rings. The van der Waals surface area contributed by atoms with Gasteiger partial charge in [0.2, 0.25) is 0 Å². The van der Waals surface area contributed by atoms with Gasteiger partial charge in [-0.05, 0) is 37.3 Å². The Morgan fingerprint density at radius 1 is 1.18 bits per heavy atom. The molecule has 4 nitrogen and oxygen atoms in total. The van der Waals surface area contributed by atoms with Crippen LogP contribution < -0.4 is 0 Å². The number of pyridine rings is 1. The third-order valence-corrected chi connectivity index (χ3v) is 4.15. The quantitative estimate of drug-likeness (QED) is 0.670. The Balaban J connectivity index is 1.99. The topological polar surface area (TPSA) is 43.1 Å². The number of aliphatic imine (C=N–C) groups is 1. The maximum absolute atomic E-state index is 4.78. The molecule has 0 N–H and O–H groups in total. The molecule has 1 aliphatic heterocycles. The van der Waals surface area contributed by atoms with Gasteiger partial charge in [-0.1, -0.05) is 22.0 Å². The van der Waals surface area contributed by atoms with Crippen molar-refractivity contribution in [1.82, 2.24) is 14.5 Å². The molecule has 0 unspecified atom stereocenters. The largest absolute Gasteiger partial charge is 0.301 e. The van der Waals surface area contributed by atoms with E-state index in [9.17, 15) is 0 Å². The van der Waals surface area contributed by atoms with Crippen LogP contribution >= 0.6 is 15.9 Å². The van der Waals surface area contributed by atoms with Gasteiger partial charge in [0.25, 0.3) is 0 Å². The molecule has 1 aliphatic rings. The van der Waals surface area contributed by atoms with E-state index in [1.165, 1.54) is 0 Å². The van der Waals surface area contributed by atoms with Crippen molar-refractivity contribution in [3.63, 3.8) is 0 Å². The van der Waals surface area contributed by atoms with Crippen molar-refractivity contribution < 1.29 is 0 Å². The molecule has 1 aromatic carbocycles. The number of hydrogen-bond donors (Lipinski definition) is 0. The zero-order valence-electron chi connectivity index (χ0n) is 12.0.